The topological polar surface area (TPSA) is 122 Å². The molecule has 3 aromatic carbocycles. The first-order valence-electron chi connectivity index (χ1n) is 11.2. The molecule has 10 heteroatoms. The molecule has 1 heterocycles. The van der Waals surface area contributed by atoms with Gasteiger partial charge in [0.15, 0.2) is 11.5 Å². The van der Waals surface area contributed by atoms with E-state index in [0.717, 1.165) is 10.5 Å². The third kappa shape index (κ3) is 5.70. The number of ether oxygens (including phenoxy) is 2. The van der Waals surface area contributed by atoms with Gasteiger partial charge in [-0.15, -0.1) is 0 Å². The van der Waals surface area contributed by atoms with Gasteiger partial charge >= 0.3 is 12.0 Å². The van der Waals surface area contributed by atoms with Crippen LogP contribution in [0.3, 0.4) is 0 Å². The van der Waals surface area contributed by atoms with Crippen molar-refractivity contribution in [3.63, 3.8) is 0 Å². The van der Waals surface area contributed by atoms with Crippen molar-refractivity contribution in [3.8, 4) is 11.5 Å². The molecule has 1 aliphatic heterocycles. The standard InChI is InChI=1S/C27H21BrN2O7/c1-2-36-22-14-17(13-21(28)23(22)37-15-16-6-4-3-5-7-16)12-20-24(31)29-27(35)30(25(20)32)19-10-8-18(9-11-19)26(33)34/h3-14H,2,15H2,1H3,(H,33,34)(H,29,31,35)/b20-12+. The average molecular weight is 565 g/mol. The highest BCUT2D eigenvalue weighted by molar-refractivity contribution is 9.10. The molecule has 188 valence electrons. The van der Waals surface area contributed by atoms with Crippen LogP contribution in [0.1, 0.15) is 28.4 Å². The second kappa shape index (κ2) is 11.1. The van der Waals surface area contributed by atoms with Gasteiger partial charge in [0.2, 0.25) is 0 Å². The van der Waals surface area contributed by atoms with Crippen molar-refractivity contribution in [3.05, 3.63) is 93.5 Å². The van der Waals surface area contributed by atoms with E-state index in [4.69, 9.17) is 14.6 Å². The van der Waals surface area contributed by atoms with Gasteiger partial charge in [-0.05, 0) is 76.5 Å². The Labute approximate surface area is 220 Å². The van der Waals surface area contributed by atoms with Crippen LogP contribution in [0.25, 0.3) is 6.08 Å². The molecule has 0 saturated carbocycles. The van der Waals surface area contributed by atoms with E-state index >= 15 is 0 Å². The number of barbiturate groups is 1. The highest BCUT2D eigenvalue weighted by Crippen LogP contribution is 2.38. The van der Waals surface area contributed by atoms with Crippen molar-refractivity contribution < 1.29 is 33.8 Å². The van der Waals surface area contributed by atoms with Crippen LogP contribution < -0.4 is 19.7 Å². The zero-order chi connectivity index (χ0) is 26.5. The van der Waals surface area contributed by atoms with Crippen molar-refractivity contribution >= 4 is 51.5 Å². The van der Waals surface area contributed by atoms with Crippen LogP contribution in [0.4, 0.5) is 10.5 Å². The number of carbonyl (C=O) groups is 4. The smallest absolute Gasteiger partial charge is 0.335 e. The summed E-state index contributed by atoms with van der Waals surface area (Å²) in [4.78, 5) is 50.1. The lowest BCUT2D eigenvalue weighted by Gasteiger charge is -2.26. The minimum absolute atomic E-state index is 0.0108. The number of amides is 4. The number of halogens is 1. The predicted molar refractivity (Wildman–Crippen MR) is 138 cm³/mol. The van der Waals surface area contributed by atoms with Crippen LogP contribution in [0, 0.1) is 0 Å². The van der Waals surface area contributed by atoms with Crippen LogP contribution in [0.2, 0.25) is 0 Å². The molecule has 0 aliphatic carbocycles. The van der Waals surface area contributed by atoms with Crippen molar-refractivity contribution in [2.24, 2.45) is 0 Å². The number of imide groups is 2. The minimum atomic E-state index is -1.15. The molecule has 1 aliphatic rings. The van der Waals surface area contributed by atoms with E-state index in [1.165, 1.54) is 30.3 Å². The van der Waals surface area contributed by atoms with Gasteiger partial charge in [-0.1, -0.05) is 30.3 Å². The Morgan fingerprint density at radius 2 is 1.73 bits per heavy atom. The van der Waals surface area contributed by atoms with Crippen LogP contribution in [-0.2, 0) is 16.2 Å². The molecule has 0 bridgehead atoms. The molecule has 37 heavy (non-hydrogen) atoms. The normalized spacial score (nSPS) is 14.5. The number of aromatic carboxylic acids is 1. The van der Waals surface area contributed by atoms with E-state index in [1.807, 2.05) is 37.3 Å². The molecule has 4 rings (SSSR count). The average Bonchev–Trinajstić information content (AvgIpc) is 2.87. The van der Waals surface area contributed by atoms with E-state index in [0.29, 0.717) is 34.7 Å². The number of benzene rings is 3. The summed E-state index contributed by atoms with van der Waals surface area (Å²) < 4.78 is 12.3. The van der Waals surface area contributed by atoms with Crippen molar-refractivity contribution in [2.75, 3.05) is 11.5 Å². The Bertz CT molecular complexity index is 1400. The molecule has 2 N–H and O–H groups in total. The summed E-state index contributed by atoms with van der Waals surface area (Å²) in [6.45, 7) is 2.47. The molecule has 0 unspecified atom stereocenters. The number of hydrogen-bond acceptors (Lipinski definition) is 6. The summed E-state index contributed by atoms with van der Waals surface area (Å²) in [5, 5.41) is 11.2. The second-order valence-corrected chi connectivity index (χ2v) is 8.70. The first-order valence-corrected chi connectivity index (χ1v) is 12.0. The van der Waals surface area contributed by atoms with Gasteiger partial charge in [-0.25, -0.2) is 14.5 Å². The lowest BCUT2D eigenvalue weighted by atomic mass is 10.1. The number of anilines is 1. The number of nitrogens with zero attached hydrogens (tertiary/aromatic N) is 1. The van der Waals surface area contributed by atoms with E-state index in [9.17, 15) is 19.2 Å². The predicted octanol–water partition coefficient (Wildman–Crippen LogP) is 4.79. The highest BCUT2D eigenvalue weighted by atomic mass is 79.9. The summed E-state index contributed by atoms with van der Waals surface area (Å²) in [6, 6.07) is 17.1. The van der Waals surface area contributed by atoms with Crippen LogP contribution in [-0.4, -0.2) is 35.5 Å². The number of nitrogens with one attached hydrogen (secondary N) is 1. The Morgan fingerprint density at radius 1 is 1.03 bits per heavy atom. The fourth-order valence-corrected chi connectivity index (χ4v) is 4.19. The SMILES string of the molecule is CCOc1cc(/C=C2\C(=O)NC(=O)N(c3ccc(C(=O)O)cc3)C2=O)cc(Br)c1OCc1ccccc1. The molecule has 0 radical (unpaired) electrons. The highest BCUT2D eigenvalue weighted by Gasteiger charge is 2.37. The Balaban J connectivity index is 1.65. The molecule has 0 aromatic heterocycles. The van der Waals surface area contributed by atoms with Gasteiger partial charge in [0, 0.05) is 0 Å². The molecule has 0 spiro atoms. The quantitative estimate of drug-likeness (QED) is 0.298. The zero-order valence-electron chi connectivity index (χ0n) is 19.6. The number of urea groups is 1. The largest absolute Gasteiger partial charge is 0.490 e. The van der Waals surface area contributed by atoms with E-state index < -0.39 is 23.8 Å². The van der Waals surface area contributed by atoms with E-state index in [1.54, 1.807) is 12.1 Å². The van der Waals surface area contributed by atoms with Crippen LogP contribution in [0.15, 0.2) is 76.8 Å². The number of hydrogen-bond donors (Lipinski definition) is 2. The fourth-order valence-electron chi connectivity index (χ4n) is 3.62. The third-order valence-corrected chi connectivity index (χ3v) is 5.93. The summed E-state index contributed by atoms with van der Waals surface area (Å²) in [6.07, 6.45) is 1.34. The number of rotatable bonds is 8. The maximum absolute atomic E-state index is 13.2. The lowest BCUT2D eigenvalue weighted by Crippen LogP contribution is -2.54. The zero-order valence-corrected chi connectivity index (χ0v) is 21.2. The molecule has 1 fully saturated rings. The molecule has 4 amide bonds. The molecule has 9 nitrogen and oxygen atoms in total. The van der Waals surface area contributed by atoms with Crippen LogP contribution in [0.5, 0.6) is 11.5 Å². The first kappa shape index (κ1) is 25.6. The molecular formula is C27H21BrN2O7. The van der Waals surface area contributed by atoms with Crippen LogP contribution >= 0.6 is 15.9 Å². The number of carboxylic acid groups (broad SMARTS) is 1. The van der Waals surface area contributed by atoms with Crippen molar-refractivity contribution in [1.29, 1.82) is 0 Å². The maximum atomic E-state index is 13.2. The van der Waals surface area contributed by atoms with Gasteiger partial charge in [-0.2, -0.15) is 0 Å². The van der Waals surface area contributed by atoms with Crippen molar-refractivity contribution in [2.45, 2.75) is 13.5 Å². The lowest BCUT2D eigenvalue weighted by molar-refractivity contribution is -0.122. The fraction of sp³-hybridized carbons (Fsp3) is 0.111. The monoisotopic (exact) mass is 564 g/mol. The summed E-state index contributed by atoms with van der Waals surface area (Å²) in [5.74, 6) is -1.99. The molecule has 1 saturated heterocycles. The second-order valence-electron chi connectivity index (χ2n) is 7.85. The molecule has 0 atom stereocenters. The third-order valence-electron chi connectivity index (χ3n) is 5.34. The first-order chi connectivity index (χ1) is 17.8. The maximum Gasteiger partial charge on any atom is 0.335 e. The Morgan fingerprint density at radius 3 is 2.38 bits per heavy atom. The summed E-state index contributed by atoms with van der Waals surface area (Å²) >= 11 is 3.48. The molecule has 3 aromatic rings. The van der Waals surface area contributed by atoms with E-state index in [2.05, 4.69) is 21.2 Å². The van der Waals surface area contributed by atoms with Gasteiger partial charge in [0.05, 0.1) is 22.3 Å². The van der Waals surface area contributed by atoms with E-state index in [-0.39, 0.29) is 16.8 Å². The van der Waals surface area contributed by atoms with Gasteiger partial charge < -0.3 is 14.6 Å². The Kier molecular flexibility index (Phi) is 7.69. The Hall–Kier alpha value is -4.44. The van der Waals surface area contributed by atoms with Gasteiger partial charge in [0.25, 0.3) is 11.8 Å². The number of carbonyl (C=O) groups excluding carboxylic acids is 3. The summed E-state index contributed by atoms with van der Waals surface area (Å²) in [5.41, 5.74) is 1.24. The summed E-state index contributed by atoms with van der Waals surface area (Å²) in [7, 11) is 0. The van der Waals surface area contributed by atoms with Crippen molar-refractivity contribution in [1.82, 2.24) is 5.32 Å². The van der Waals surface area contributed by atoms with Gasteiger partial charge in [-0.3, -0.25) is 14.9 Å². The number of carboxylic acids is 1. The molecular weight excluding hydrogens is 544 g/mol. The van der Waals surface area contributed by atoms with Gasteiger partial charge in [0.1, 0.15) is 12.2 Å². The minimum Gasteiger partial charge on any atom is -0.490 e.